The van der Waals surface area contributed by atoms with Crippen molar-refractivity contribution in [3.8, 4) is 5.88 Å². The van der Waals surface area contributed by atoms with Gasteiger partial charge in [0, 0.05) is 25.2 Å². The lowest BCUT2D eigenvalue weighted by Gasteiger charge is -2.52. The van der Waals surface area contributed by atoms with E-state index < -0.39 is 0 Å². The van der Waals surface area contributed by atoms with Crippen molar-refractivity contribution in [1.29, 1.82) is 0 Å². The van der Waals surface area contributed by atoms with E-state index in [2.05, 4.69) is 9.97 Å². The van der Waals surface area contributed by atoms with Crippen LogP contribution in [0.2, 0.25) is 0 Å². The molecular formula is C16H17N3O4. The highest BCUT2D eigenvalue weighted by Gasteiger charge is 2.50. The van der Waals surface area contributed by atoms with Crippen LogP contribution in [-0.2, 0) is 4.74 Å². The number of carbonyl (C=O) groups is 1. The molecule has 120 valence electrons. The summed E-state index contributed by atoms with van der Waals surface area (Å²) in [7, 11) is 0. The van der Waals surface area contributed by atoms with Crippen LogP contribution in [0.3, 0.4) is 0 Å². The molecule has 2 aromatic rings. The van der Waals surface area contributed by atoms with Crippen LogP contribution in [0.4, 0.5) is 0 Å². The predicted octanol–water partition coefficient (Wildman–Crippen LogP) is 1.52. The van der Waals surface area contributed by atoms with E-state index in [1.54, 1.807) is 29.6 Å². The maximum atomic E-state index is 12.2. The number of aromatic nitrogens is 2. The number of likely N-dealkylation sites (tertiary alicyclic amines) is 1. The standard InChI is InChI=1S/C16H17N3O4/c20-15(12-1-5-21-9-12)19-10-16(11-19)7-13(2-6-22-16)23-14-8-17-3-4-18-14/h1,3-5,8-9,13H,2,6-7,10-11H2. The Morgan fingerprint density at radius 1 is 1.39 bits per heavy atom. The monoisotopic (exact) mass is 315 g/mol. The lowest BCUT2D eigenvalue weighted by atomic mass is 9.84. The van der Waals surface area contributed by atoms with E-state index in [4.69, 9.17) is 13.9 Å². The average molecular weight is 315 g/mol. The third-order valence-electron chi connectivity index (χ3n) is 4.29. The van der Waals surface area contributed by atoms with Gasteiger partial charge >= 0.3 is 0 Å². The zero-order valence-electron chi connectivity index (χ0n) is 12.6. The van der Waals surface area contributed by atoms with Gasteiger partial charge in [-0.1, -0.05) is 0 Å². The van der Waals surface area contributed by atoms with Crippen molar-refractivity contribution in [2.75, 3.05) is 19.7 Å². The average Bonchev–Trinajstić information content (AvgIpc) is 3.07. The van der Waals surface area contributed by atoms with Gasteiger partial charge in [-0.15, -0.1) is 0 Å². The summed E-state index contributed by atoms with van der Waals surface area (Å²) in [6, 6.07) is 1.68. The van der Waals surface area contributed by atoms with Crippen molar-refractivity contribution in [3.05, 3.63) is 42.7 Å². The third-order valence-corrected chi connectivity index (χ3v) is 4.29. The summed E-state index contributed by atoms with van der Waals surface area (Å²) in [6.45, 7) is 1.79. The summed E-state index contributed by atoms with van der Waals surface area (Å²) in [5.74, 6) is 0.505. The van der Waals surface area contributed by atoms with E-state index in [1.165, 1.54) is 12.5 Å². The molecule has 7 nitrogen and oxygen atoms in total. The Kier molecular flexibility index (Phi) is 3.49. The van der Waals surface area contributed by atoms with Gasteiger partial charge in [-0.3, -0.25) is 9.78 Å². The number of rotatable bonds is 3. The molecule has 7 heteroatoms. The van der Waals surface area contributed by atoms with Gasteiger partial charge in [-0.2, -0.15) is 0 Å². The number of carbonyl (C=O) groups excluding carboxylic acids is 1. The van der Waals surface area contributed by atoms with E-state index in [0.717, 1.165) is 12.8 Å². The fourth-order valence-electron chi connectivity index (χ4n) is 3.18. The van der Waals surface area contributed by atoms with Gasteiger partial charge in [0.25, 0.3) is 5.91 Å². The topological polar surface area (TPSA) is 77.7 Å². The zero-order chi connectivity index (χ0) is 15.7. The molecule has 0 saturated carbocycles. The molecule has 1 atom stereocenters. The van der Waals surface area contributed by atoms with Crippen LogP contribution in [0.1, 0.15) is 23.2 Å². The molecule has 2 aliphatic heterocycles. The van der Waals surface area contributed by atoms with Crippen LogP contribution < -0.4 is 4.74 Å². The van der Waals surface area contributed by atoms with Crippen molar-refractivity contribution in [1.82, 2.24) is 14.9 Å². The smallest absolute Gasteiger partial charge is 0.257 e. The fraction of sp³-hybridized carbons (Fsp3) is 0.438. The van der Waals surface area contributed by atoms with Gasteiger partial charge in [0.15, 0.2) is 0 Å². The molecule has 4 rings (SSSR count). The Morgan fingerprint density at radius 3 is 3.04 bits per heavy atom. The van der Waals surface area contributed by atoms with Crippen LogP contribution >= 0.6 is 0 Å². The number of amides is 1. The third kappa shape index (κ3) is 2.79. The molecule has 23 heavy (non-hydrogen) atoms. The van der Waals surface area contributed by atoms with E-state index in [0.29, 0.717) is 31.1 Å². The summed E-state index contributed by atoms with van der Waals surface area (Å²) < 4.78 is 16.8. The molecule has 0 bridgehead atoms. The molecule has 1 spiro atoms. The quantitative estimate of drug-likeness (QED) is 0.854. The van der Waals surface area contributed by atoms with Crippen molar-refractivity contribution < 1.29 is 18.7 Å². The van der Waals surface area contributed by atoms with Crippen molar-refractivity contribution in [3.63, 3.8) is 0 Å². The summed E-state index contributed by atoms with van der Waals surface area (Å²) in [4.78, 5) is 22.2. The highest BCUT2D eigenvalue weighted by Crippen LogP contribution is 2.36. The van der Waals surface area contributed by atoms with Crippen molar-refractivity contribution in [2.45, 2.75) is 24.5 Å². The highest BCUT2D eigenvalue weighted by atomic mass is 16.5. The van der Waals surface area contributed by atoms with Gasteiger partial charge in [-0.05, 0) is 6.07 Å². The Labute approximate surface area is 133 Å². The van der Waals surface area contributed by atoms with Gasteiger partial charge in [0.1, 0.15) is 18.0 Å². The van der Waals surface area contributed by atoms with E-state index in [9.17, 15) is 4.79 Å². The summed E-state index contributed by atoms with van der Waals surface area (Å²) in [5.41, 5.74) is 0.271. The number of furan rings is 1. The maximum absolute atomic E-state index is 12.2. The number of hydrogen-bond donors (Lipinski definition) is 0. The molecule has 0 aliphatic carbocycles. The molecule has 0 radical (unpaired) electrons. The molecule has 0 aromatic carbocycles. The minimum atomic E-state index is -0.301. The fourth-order valence-corrected chi connectivity index (χ4v) is 3.18. The minimum absolute atomic E-state index is 0.0232. The number of nitrogens with zero attached hydrogens (tertiary/aromatic N) is 3. The second kappa shape index (κ2) is 5.66. The number of hydrogen-bond acceptors (Lipinski definition) is 6. The van der Waals surface area contributed by atoms with Gasteiger partial charge in [-0.25, -0.2) is 4.98 Å². The van der Waals surface area contributed by atoms with Crippen molar-refractivity contribution >= 4 is 5.91 Å². The summed E-state index contributed by atoms with van der Waals surface area (Å²) in [6.07, 6.45) is 9.40. The van der Waals surface area contributed by atoms with Crippen molar-refractivity contribution in [2.24, 2.45) is 0 Å². The first-order valence-corrected chi connectivity index (χ1v) is 7.62. The Balaban J connectivity index is 1.36. The van der Waals surface area contributed by atoms with E-state index in [-0.39, 0.29) is 17.6 Å². The Morgan fingerprint density at radius 2 is 2.30 bits per heavy atom. The summed E-state index contributed by atoms with van der Waals surface area (Å²) in [5, 5.41) is 0. The predicted molar refractivity (Wildman–Crippen MR) is 79.0 cm³/mol. The lowest BCUT2D eigenvalue weighted by molar-refractivity contribution is -0.174. The molecule has 2 aliphatic rings. The zero-order valence-corrected chi connectivity index (χ0v) is 12.6. The van der Waals surface area contributed by atoms with Gasteiger partial charge in [0.2, 0.25) is 5.88 Å². The maximum Gasteiger partial charge on any atom is 0.257 e. The molecular weight excluding hydrogens is 298 g/mol. The lowest BCUT2D eigenvalue weighted by Crippen LogP contribution is -2.67. The first-order chi connectivity index (χ1) is 11.2. The van der Waals surface area contributed by atoms with E-state index >= 15 is 0 Å². The molecule has 1 unspecified atom stereocenters. The van der Waals surface area contributed by atoms with Crippen LogP contribution in [0.15, 0.2) is 41.6 Å². The molecule has 2 aromatic heterocycles. The second-order valence-electron chi connectivity index (χ2n) is 5.98. The summed E-state index contributed by atoms with van der Waals surface area (Å²) >= 11 is 0. The molecule has 0 N–H and O–H groups in total. The SMILES string of the molecule is O=C(c1ccoc1)N1CC2(CC(Oc3cnccn3)CCO2)C1. The second-order valence-corrected chi connectivity index (χ2v) is 5.98. The minimum Gasteiger partial charge on any atom is -0.473 e. The van der Waals surface area contributed by atoms with E-state index in [1.807, 2.05) is 0 Å². The molecule has 1 amide bonds. The largest absolute Gasteiger partial charge is 0.473 e. The molecule has 2 saturated heterocycles. The normalized spacial score (nSPS) is 22.6. The van der Waals surface area contributed by atoms with Crippen LogP contribution in [0.25, 0.3) is 0 Å². The van der Waals surface area contributed by atoms with Crippen LogP contribution in [0.5, 0.6) is 5.88 Å². The van der Waals surface area contributed by atoms with Crippen LogP contribution in [-0.4, -0.2) is 52.2 Å². The van der Waals surface area contributed by atoms with Crippen LogP contribution in [0, 0.1) is 0 Å². The first kappa shape index (κ1) is 14.2. The van der Waals surface area contributed by atoms with Gasteiger partial charge in [0.05, 0.1) is 37.7 Å². The molecule has 2 fully saturated rings. The molecule has 4 heterocycles. The Bertz CT molecular complexity index is 668. The number of ether oxygens (including phenoxy) is 2. The first-order valence-electron chi connectivity index (χ1n) is 7.62. The van der Waals surface area contributed by atoms with Gasteiger partial charge < -0.3 is 18.8 Å². The highest BCUT2D eigenvalue weighted by molar-refractivity contribution is 5.94. The Hall–Kier alpha value is -2.41.